The second-order valence-corrected chi connectivity index (χ2v) is 4.92. The summed E-state index contributed by atoms with van der Waals surface area (Å²) in [6.07, 6.45) is -4.56. The van der Waals surface area contributed by atoms with E-state index < -0.39 is 17.2 Å². The van der Waals surface area contributed by atoms with Gasteiger partial charge in [0.25, 0.3) is 0 Å². The van der Waals surface area contributed by atoms with E-state index in [4.69, 9.17) is 16.7 Å². The van der Waals surface area contributed by atoms with Crippen molar-refractivity contribution in [2.24, 2.45) is 0 Å². The Morgan fingerprint density at radius 1 is 1.35 bits per heavy atom. The Kier molecular flexibility index (Phi) is 3.82. The second-order valence-electron chi connectivity index (χ2n) is 3.53. The lowest BCUT2D eigenvalue weighted by molar-refractivity contribution is -0.138. The highest BCUT2D eigenvalue weighted by molar-refractivity contribution is 7.15. The third-order valence-electron chi connectivity index (χ3n) is 2.13. The van der Waals surface area contributed by atoms with E-state index in [9.17, 15) is 18.0 Å². The molecule has 0 spiro atoms. The number of alkyl halides is 3. The Morgan fingerprint density at radius 2 is 2.05 bits per heavy atom. The Balaban J connectivity index is 2.22. The minimum absolute atomic E-state index is 0.0335. The van der Waals surface area contributed by atoms with Gasteiger partial charge in [0.1, 0.15) is 0 Å². The molecule has 0 radical (unpaired) electrons. The van der Waals surface area contributed by atoms with Crippen molar-refractivity contribution >= 4 is 39.7 Å². The highest BCUT2D eigenvalue weighted by Crippen LogP contribution is 2.35. The molecule has 0 aliphatic heterocycles. The van der Waals surface area contributed by atoms with Gasteiger partial charge in [0, 0.05) is 0 Å². The summed E-state index contributed by atoms with van der Waals surface area (Å²) in [7, 11) is 0. The lowest BCUT2D eigenvalue weighted by Crippen LogP contribution is -2.03. The molecular weight excluding hydrogens is 319 g/mol. The third-order valence-corrected chi connectivity index (χ3v) is 3.32. The number of benzene rings is 1. The average molecular weight is 324 g/mol. The SMILES string of the molecule is O=C(O)c1ccc(Nc2nnc(C(F)(F)F)s2)c(Cl)c1. The number of hydrogen-bond acceptors (Lipinski definition) is 5. The predicted molar refractivity (Wildman–Crippen MR) is 66.6 cm³/mol. The maximum atomic E-state index is 12.3. The molecule has 0 aliphatic rings. The first-order valence-electron chi connectivity index (χ1n) is 4.98. The van der Waals surface area contributed by atoms with Crippen LogP contribution in [0.15, 0.2) is 18.2 Å². The number of nitrogens with one attached hydrogen (secondary N) is 1. The fourth-order valence-electron chi connectivity index (χ4n) is 1.25. The van der Waals surface area contributed by atoms with Crippen molar-refractivity contribution in [3.8, 4) is 0 Å². The topological polar surface area (TPSA) is 75.1 Å². The van der Waals surface area contributed by atoms with E-state index in [-0.39, 0.29) is 21.4 Å². The summed E-state index contributed by atoms with van der Waals surface area (Å²) in [5, 5.41) is 16.5. The average Bonchev–Trinajstić information content (AvgIpc) is 2.80. The molecule has 0 atom stereocenters. The molecule has 2 rings (SSSR count). The van der Waals surface area contributed by atoms with E-state index in [2.05, 4.69) is 15.5 Å². The zero-order valence-electron chi connectivity index (χ0n) is 9.40. The predicted octanol–water partition coefficient (Wildman–Crippen LogP) is 3.65. The van der Waals surface area contributed by atoms with E-state index in [0.29, 0.717) is 11.3 Å². The maximum absolute atomic E-state index is 12.3. The van der Waals surface area contributed by atoms with E-state index in [0.717, 1.165) is 0 Å². The molecule has 0 aliphatic carbocycles. The van der Waals surface area contributed by atoms with E-state index >= 15 is 0 Å². The number of anilines is 2. The molecule has 0 fully saturated rings. The van der Waals surface area contributed by atoms with Crippen LogP contribution in [0.1, 0.15) is 15.4 Å². The van der Waals surface area contributed by atoms with Gasteiger partial charge >= 0.3 is 12.1 Å². The van der Waals surface area contributed by atoms with Crippen molar-refractivity contribution in [3.63, 3.8) is 0 Å². The summed E-state index contributed by atoms with van der Waals surface area (Å²) in [4.78, 5) is 10.7. The molecule has 2 aromatic rings. The molecule has 5 nitrogen and oxygen atoms in total. The summed E-state index contributed by atoms with van der Waals surface area (Å²) in [5.41, 5.74) is 0.204. The van der Waals surface area contributed by atoms with E-state index in [1.807, 2.05) is 0 Å². The number of rotatable bonds is 3. The van der Waals surface area contributed by atoms with Crippen LogP contribution in [0.25, 0.3) is 0 Å². The number of aromatic carboxylic acids is 1. The fraction of sp³-hybridized carbons (Fsp3) is 0.100. The molecule has 0 saturated heterocycles. The minimum Gasteiger partial charge on any atom is -0.478 e. The molecule has 0 unspecified atom stereocenters. The van der Waals surface area contributed by atoms with Crippen molar-refractivity contribution in [3.05, 3.63) is 33.8 Å². The Morgan fingerprint density at radius 3 is 2.55 bits per heavy atom. The van der Waals surface area contributed by atoms with Gasteiger partial charge < -0.3 is 10.4 Å². The summed E-state index contributed by atoms with van der Waals surface area (Å²) in [6, 6.07) is 3.78. The quantitative estimate of drug-likeness (QED) is 0.901. The smallest absolute Gasteiger partial charge is 0.445 e. The van der Waals surface area contributed by atoms with Crippen molar-refractivity contribution < 1.29 is 23.1 Å². The molecule has 0 amide bonds. The van der Waals surface area contributed by atoms with Gasteiger partial charge in [-0.2, -0.15) is 13.2 Å². The zero-order valence-corrected chi connectivity index (χ0v) is 11.0. The lowest BCUT2D eigenvalue weighted by atomic mass is 10.2. The lowest BCUT2D eigenvalue weighted by Gasteiger charge is -2.05. The van der Waals surface area contributed by atoms with Crippen LogP contribution in [0.3, 0.4) is 0 Å². The summed E-state index contributed by atoms with van der Waals surface area (Å²) >= 11 is 6.15. The number of aromatic nitrogens is 2. The number of carboxylic acid groups (broad SMARTS) is 1. The van der Waals surface area contributed by atoms with Crippen LogP contribution in [-0.4, -0.2) is 21.3 Å². The molecule has 2 N–H and O–H groups in total. The highest BCUT2D eigenvalue weighted by Gasteiger charge is 2.35. The van der Waals surface area contributed by atoms with Crippen LogP contribution in [0.4, 0.5) is 24.0 Å². The molecule has 1 aromatic heterocycles. The summed E-state index contributed by atoms with van der Waals surface area (Å²) < 4.78 is 37.0. The normalized spacial score (nSPS) is 11.4. The first-order valence-corrected chi connectivity index (χ1v) is 6.17. The number of nitrogens with zero attached hydrogens (tertiary/aromatic N) is 2. The van der Waals surface area contributed by atoms with Gasteiger partial charge in [-0.25, -0.2) is 4.79 Å². The van der Waals surface area contributed by atoms with Gasteiger partial charge in [0.15, 0.2) is 0 Å². The number of halogens is 4. The molecule has 1 heterocycles. The molecule has 0 bridgehead atoms. The molecular formula is C10H5ClF3N3O2S. The maximum Gasteiger partial charge on any atom is 0.445 e. The molecule has 20 heavy (non-hydrogen) atoms. The van der Waals surface area contributed by atoms with Crippen LogP contribution in [-0.2, 0) is 6.18 Å². The fourth-order valence-corrected chi connectivity index (χ4v) is 2.10. The zero-order chi connectivity index (χ0) is 14.9. The number of hydrogen-bond donors (Lipinski definition) is 2. The van der Waals surface area contributed by atoms with Crippen LogP contribution < -0.4 is 5.32 Å². The summed E-state index contributed by atoms with van der Waals surface area (Å²) in [6.45, 7) is 0. The number of carboxylic acids is 1. The van der Waals surface area contributed by atoms with Crippen LogP contribution >= 0.6 is 22.9 Å². The minimum atomic E-state index is -4.56. The van der Waals surface area contributed by atoms with Crippen molar-refractivity contribution in [2.45, 2.75) is 6.18 Å². The van der Waals surface area contributed by atoms with Gasteiger partial charge in [-0.1, -0.05) is 22.9 Å². The Labute approximate surface area is 119 Å². The van der Waals surface area contributed by atoms with Crippen molar-refractivity contribution in [1.29, 1.82) is 0 Å². The van der Waals surface area contributed by atoms with Crippen LogP contribution in [0.2, 0.25) is 5.02 Å². The van der Waals surface area contributed by atoms with Gasteiger partial charge in [0.05, 0.1) is 16.3 Å². The molecule has 0 saturated carbocycles. The second kappa shape index (κ2) is 5.25. The standard InChI is InChI=1S/C10H5ClF3N3O2S/c11-5-3-4(7(18)19)1-2-6(5)15-9-17-16-8(20-9)10(12,13)14/h1-3H,(H,15,17)(H,18,19). The van der Waals surface area contributed by atoms with Crippen LogP contribution in [0, 0.1) is 0 Å². The highest BCUT2D eigenvalue weighted by atomic mass is 35.5. The van der Waals surface area contributed by atoms with Gasteiger partial charge in [-0.3, -0.25) is 0 Å². The first kappa shape index (κ1) is 14.5. The monoisotopic (exact) mass is 323 g/mol. The van der Waals surface area contributed by atoms with Gasteiger partial charge in [0.2, 0.25) is 10.1 Å². The largest absolute Gasteiger partial charge is 0.478 e. The molecule has 10 heteroatoms. The van der Waals surface area contributed by atoms with Crippen LogP contribution in [0.5, 0.6) is 0 Å². The van der Waals surface area contributed by atoms with Crippen molar-refractivity contribution in [2.75, 3.05) is 5.32 Å². The molecule has 106 valence electrons. The van der Waals surface area contributed by atoms with Gasteiger partial charge in [-0.15, -0.1) is 10.2 Å². The summed E-state index contributed by atoms with van der Waals surface area (Å²) in [5.74, 6) is -1.16. The van der Waals surface area contributed by atoms with Gasteiger partial charge in [-0.05, 0) is 18.2 Å². The Bertz CT molecular complexity index is 659. The van der Waals surface area contributed by atoms with Crippen molar-refractivity contribution in [1.82, 2.24) is 10.2 Å². The van der Waals surface area contributed by atoms with E-state index in [1.165, 1.54) is 18.2 Å². The van der Waals surface area contributed by atoms with E-state index in [1.54, 1.807) is 0 Å². The number of carbonyl (C=O) groups is 1. The Hall–Kier alpha value is -1.87. The molecule has 1 aromatic carbocycles. The third kappa shape index (κ3) is 3.17. The first-order chi connectivity index (χ1) is 9.27.